The maximum Gasteiger partial charge on any atom is 0.177 e. The lowest BCUT2D eigenvalue weighted by molar-refractivity contribution is 0.355. The number of aryl methyl sites for hydroxylation is 2. The maximum absolute atomic E-state index is 6.39. The zero-order chi connectivity index (χ0) is 16.6. The summed E-state index contributed by atoms with van der Waals surface area (Å²) in [5.41, 5.74) is 3.45. The molecule has 0 aliphatic rings. The Morgan fingerprint density at radius 1 is 1.22 bits per heavy atom. The summed E-state index contributed by atoms with van der Waals surface area (Å²) in [6.45, 7) is 4.91. The molecule has 2 heterocycles. The summed E-state index contributed by atoms with van der Waals surface area (Å²) in [6, 6.07) is 3.56. The van der Waals surface area contributed by atoms with Gasteiger partial charge in [-0.2, -0.15) is 5.10 Å². The molecule has 1 N–H and O–H groups in total. The highest BCUT2D eigenvalue weighted by molar-refractivity contribution is 6.33. The molecule has 7 heteroatoms. The van der Waals surface area contributed by atoms with E-state index < -0.39 is 0 Å². The molecule has 0 spiro atoms. The molecule has 122 valence electrons. The Kier molecular flexibility index (Phi) is 4.17. The Hall–Kier alpha value is -2.21. The maximum atomic E-state index is 6.39. The van der Waals surface area contributed by atoms with Crippen LogP contribution in [0.4, 0.5) is 0 Å². The van der Waals surface area contributed by atoms with Crippen molar-refractivity contribution in [3.05, 3.63) is 22.8 Å². The van der Waals surface area contributed by atoms with E-state index in [0.29, 0.717) is 22.3 Å². The first-order valence-corrected chi connectivity index (χ1v) is 7.81. The van der Waals surface area contributed by atoms with Gasteiger partial charge in [-0.15, -0.1) is 0 Å². The van der Waals surface area contributed by atoms with E-state index in [1.165, 1.54) is 0 Å². The normalized spacial score (nSPS) is 11.2. The monoisotopic (exact) mass is 334 g/mol. The summed E-state index contributed by atoms with van der Waals surface area (Å²) in [4.78, 5) is 7.99. The molecule has 2 aromatic heterocycles. The second-order valence-corrected chi connectivity index (χ2v) is 5.69. The zero-order valence-electron chi connectivity index (χ0n) is 13.6. The number of hydrogen-bond acceptors (Lipinski definition) is 4. The van der Waals surface area contributed by atoms with Gasteiger partial charge in [0.15, 0.2) is 17.1 Å². The van der Waals surface area contributed by atoms with Crippen LogP contribution in [0.15, 0.2) is 12.1 Å². The highest BCUT2D eigenvalue weighted by atomic mass is 35.5. The van der Waals surface area contributed by atoms with Crippen LogP contribution in [0.2, 0.25) is 5.02 Å². The number of nitrogens with zero attached hydrogens (tertiary/aromatic N) is 3. The van der Waals surface area contributed by atoms with Gasteiger partial charge in [0.2, 0.25) is 0 Å². The Morgan fingerprint density at radius 2 is 1.91 bits per heavy atom. The highest BCUT2D eigenvalue weighted by Gasteiger charge is 2.17. The van der Waals surface area contributed by atoms with E-state index in [2.05, 4.69) is 22.0 Å². The van der Waals surface area contributed by atoms with Gasteiger partial charge in [-0.05, 0) is 19.4 Å². The van der Waals surface area contributed by atoms with Crippen molar-refractivity contribution in [1.29, 1.82) is 0 Å². The molecule has 1 aromatic carbocycles. The molecule has 0 saturated heterocycles. The summed E-state index contributed by atoms with van der Waals surface area (Å²) >= 11 is 6.39. The molecule has 0 fully saturated rings. The Bertz CT molecular complexity index is 853. The van der Waals surface area contributed by atoms with Gasteiger partial charge in [-0.1, -0.05) is 18.5 Å². The number of ether oxygens (including phenoxy) is 2. The average molecular weight is 335 g/mol. The molecule has 6 nitrogen and oxygen atoms in total. The molecule has 3 rings (SSSR count). The van der Waals surface area contributed by atoms with E-state index in [4.69, 9.17) is 21.1 Å². The fourth-order valence-electron chi connectivity index (χ4n) is 2.61. The lowest BCUT2D eigenvalue weighted by Crippen LogP contribution is -1.99. The third-order valence-electron chi connectivity index (χ3n) is 3.73. The first kappa shape index (κ1) is 15.7. The summed E-state index contributed by atoms with van der Waals surface area (Å²) in [6.07, 6.45) is 0.996. The SMILES string of the molecule is CCCn1nc(C)c2[nH]c(-c3cc(OC)c(OC)cc3Cl)nc21. The highest BCUT2D eigenvalue weighted by Crippen LogP contribution is 2.38. The third-order valence-corrected chi connectivity index (χ3v) is 4.04. The topological polar surface area (TPSA) is 65.0 Å². The smallest absolute Gasteiger partial charge is 0.177 e. The molecular weight excluding hydrogens is 316 g/mol. The predicted octanol–water partition coefficient (Wildman–Crippen LogP) is 3.82. The fraction of sp³-hybridized carbons (Fsp3) is 0.375. The van der Waals surface area contributed by atoms with Crippen molar-refractivity contribution in [2.45, 2.75) is 26.8 Å². The number of rotatable bonds is 5. The summed E-state index contributed by atoms with van der Waals surface area (Å²) in [5.74, 6) is 1.89. The Balaban J connectivity index is 2.15. The summed E-state index contributed by atoms with van der Waals surface area (Å²) in [5, 5.41) is 5.05. The molecular formula is C16H19ClN4O2. The van der Waals surface area contributed by atoms with Crippen LogP contribution in [0, 0.1) is 6.92 Å². The van der Waals surface area contributed by atoms with Gasteiger partial charge in [0.1, 0.15) is 11.3 Å². The molecule has 0 radical (unpaired) electrons. The number of halogens is 1. The van der Waals surface area contributed by atoms with E-state index in [1.807, 2.05) is 17.7 Å². The van der Waals surface area contributed by atoms with Crippen molar-refractivity contribution in [2.75, 3.05) is 14.2 Å². The van der Waals surface area contributed by atoms with Crippen molar-refractivity contribution >= 4 is 22.8 Å². The van der Waals surface area contributed by atoms with E-state index in [9.17, 15) is 0 Å². The van der Waals surface area contributed by atoms with Gasteiger partial charge in [-0.25, -0.2) is 9.67 Å². The van der Waals surface area contributed by atoms with Gasteiger partial charge >= 0.3 is 0 Å². The van der Waals surface area contributed by atoms with Gasteiger partial charge < -0.3 is 14.5 Å². The predicted molar refractivity (Wildman–Crippen MR) is 90.5 cm³/mol. The zero-order valence-corrected chi connectivity index (χ0v) is 14.4. The molecule has 0 aliphatic heterocycles. The van der Waals surface area contributed by atoms with Crippen LogP contribution in [0.5, 0.6) is 11.5 Å². The molecule has 0 amide bonds. The van der Waals surface area contributed by atoms with Crippen molar-refractivity contribution in [3.63, 3.8) is 0 Å². The largest absolute Gasteiger partial charge is 0.493 e. The van der Waals surface area contributed by atoms with Crippen LogP contribution >= 0.6 is 11.6 Å². The van der Waals surface area contributed by atoms with Crippen molar-refractivity contribution < 1.29 is 9.47 Å². The molecule has 23 heavy (non-hydrogen) atoms. The second-order valence-electron chi connectivity index (χ2n) is 5.28. The molecule has 0 bridgehead atoms. The minimum Gasteiger partial charge on any atom is -0.493 e. The molecule has 0 aliphatic carbocycles. The lowest BCUT2D eigenvalue weighted by atomic mass is 10.2. The first-order valence-electron chi connectivity index (χ1n) is 7.44. The number of aromatic amines is 1. The van der Waals surface area contributed by atoms with Gasteiger partial charge in [0.05, 0.1) is 24.9 Å². The number of benzene rings is 1. The molecule has 0 saturated carbocycles. The van der Waals surface area contributed by atoms with E-state index >= 15 is 0 Å². The number of hydrogen-bond donors (Lipinski definition) is 1. The summed E-state index contributed by atoms with van der Waals surface area (Å²) < 4.78 is 12.5. The van der Waals surface area contributed by atoms with E-state index in [1.54, 1.807) is 20.3 Å². The number of imidazole rings is 1. The Morgan fingerprint density at radius 3 is 2.57 bits per heavy atom. The quantitative estimate of drug-likeness (QED) is 0.770. The number of methoxy groups -OCH3 is 2. The average Bonchev–Trinajstić information content (AvgIpc) is 3.09. The summed E-state index contributed by atoms with van der Waals surface area (Å²) in [7, 11) is 3.18. The van der Waals surface area contributed by atoms with E-state index in [-0.39, 0.29) is 0 Å². The number of nitrogens with one attached hydrogen (secondary N) is 1. The van der Waals surface area contributed by atoms with Crippen molar-refractivity contribution in [3.8, 4) is 22.9 Å². The third kappa shape index (κ3) is 2.63. The van der Waals surface area contributed by atoms with E-state index in [0.717, 1.165) is 35.4 Å². The van der Waals surface area contributed by atoms with Crippen molar-refractivity contribution in [1.82, 2.24) is 19.7 Å². The van der Waals surface area contributed by atoms with Crippen LogP contribution in [0.1, 0.15) is 19.0 Å². The van der Waals surface area contributed by atoms with Crippen molar-refractivity contribution in [2.24, 2.45) is 0 Å². The number of aromatic nitrogens is 4. The second kappa shape index (κ2) is 6.12. The molecule has 0 atom stereocenters. The van der Waals surface area contributed by atoms with Crippen LogP contribution in [-0.2, 0) is 6.54 Å². The minimum absolute atomic E-state index is 0.548. The van der Waals surface area contributed by atoms with Crippen LogP contribution < -0.4 is 9.47 Å². The van der Waals surface area contributed by atoms with Gasteiger partial charge in [-0.3, -0.25) is 0 Å². The number of H-pyrrole nitrogens is 1. The minimum atomic E-state index is 0.548. The lowest BCUT2D eigenvalue weighted by Gasteiger charge is -2.10. The molecule has 0 unspecified atom stereocenters. The van der Waals surface area contributed by atoms with Gasteiger partial charge in [0, 0.05) is 18.2 Å². The standard InChI is InChI=1S/C16H19ClN4O2/c1-5-6-21-16-14(9(2)20-21)18-15(19-16)10-7-12(22-3)13(23-4)8-11(10)17/h7-8H,5-6H2,1-4H3,(H,18,19). The van der Waals surface area contributed by atoms with Crippen LogP contribution in [-0.4, -0.2) is 34.0 Å². The molecule has 3 aromatic rings. The first-order chi connectivity index (χ1) is 11.1. The van der Waals surface area contributed by atoms with Crippen LogP contribution in [0.3, 0.4) is 0 Å². The number of fused-ring (bicyclic) bond motifs is 1. The fourth-order valence-corrected chi connectivity index (χ4v) is 2.86. The van der Waals surface area contributed by atoms with Crippen LogP contribution in [0.25, 0.3) is 22.6 Å². The van der Waals surface area contributed by atoms with Gasteiger partial charge in [0.25, 0.3) is 0 Å². The Labute approximate surface area is 139 Å².